The number of piperazine rings is 1. The van der Waals surface area contributed by atoms with E-state index in [0.29, 0.717) is 41.8 Å². The third-order valence-corrected chi connectivity index (χ3v) is 6.11. The van der Waals surface area contributed by atoms with Crippen molar-refractivity contribution in [1.82, 2.24) is 19.8 Å². The molecule has 2 aromatic carbocycles. The van der Waals surface area contributed by atoms with Gasteiger partial charge >= 0.3 is 0 Å². The zero-order valence-electron chi connectivity index (χ0n) is 16.5. The van der Waals surface area contributed by atoms with Crippen molar-refractivity contribution in [3.8, 4) is 0 Å². The third kappa shape index (κ3) is 3.54. The molecule has 3 amide bonds. The Morgan fingerprint density at radius 2 is 1.65 bits per heavy atom. The minimum atomic E-state index is -0.431. The summed E-state index contributed by atoms with van der Waals surface area (Å²) >= 11 is 3.31. The van der Waals surface area contributed by atoms with E-state index in [-0.39, 0.29) is 12.5 Å². The van der Waals surface area contributed by atoms with Gasteiger partial charge in [-0.25, -0.2) is 4.98 Å². The summed E-state index contributed by atoms with van der Waals surface area (Å²) in [7, 11) is 0. The van der Waals surface area contributed by atoms with Crippen LogP contribution in [0.15, 0.2) is 53.1 Å². The molecule has 156 valence electrons. The molecule has 1 saturated heterocycles. The molecular formula is C22H18BrN5O3. The summed E-state index contributed by atoms with van der Waals surface area (Å²) in [6.07, 6.45) is 1.75. The van der Waals surface area contributed by atoms with Crippen LogP contribution < -0.4 is 4.90 Å². The Morgan fingerprint density at radius 1 is 0.935 bits per heavy atom. The van der Waals surface area contributed by atoms with Gasteiger partial charge in [-0.1, -0.05) is 28.1 Å². The molecular weight excluding hydrogens is 462 g/mol. The summed E-state index contributed by atoms with van der Waals surface area (Å²) in [5.41, 5.74) is 2.33. The molecule has 0 spiro atoms. The first-order valence-electron chi connectivity index (χ1n) is 9.91. The Balaban J connectivity index is 1.23. The van der Waals surface area contributed by atoms with Crippen LogP contribution in [0.4, 0.5) is 5.82 Å². The Labute approximate surface area is 186 Å². The second-order valence-corrected chi connectivity index (χ2v) is 8.39. The van der Waals surface area contributed by atoms with Gasteiger partial charge in [0.05, 0.1) is 28.4 Å². The van der Waals surface area contributed by atoms with Gasteiger partial charge in [-0.05, 0) is 30.3 Å². The second kappa shape index (κ2) is 7.73. The van der Waals surface area contributed by atoms with Crippen LogP contribution in [0.1, 0.15) is 20.7 Å². The van der Waals surface area contributed by atoms with E-state index in [4.69, 9.17) is 0 Å². The number of carbonyl (C=O) groups excluding carboxylic acids is 3. The van der Waals surface area contributed by atoms with Crippen LogP contribution in [0.2, 0.25) is 0 Å². The Hall–Kier alpha value is -3.33. The highest BCUT2D eigenvalue weighted by molar-refractivity contribution is 9.10. The molecule has 9 heteroatoms. The van der Waals surface area contributed by atoms with Crippen LogP contribution in [-0.2, 0) is 4.79 Å². The molecule has 31 heavy (non-hydrogen) atoms. The highest BCUT2D eigenvalue weighted by atomic mass is 79.9. The molecule has 0 aliphatic carbocycles. The van der Waals surface area contributed by atoms with Crippen LogP contribution >= 0.6 is 15.9 Å². The maximum Gasteiger partial charge on any atom is 0.262 e. The molecule has 0 N–H and O–H groups in total. The summed E-state index contributed by atoms with van der Waals surface area (Å²) in [5, 5.41) is 0. The predicted octanol–water partition coefficient (Wildman–Crippen LogP) is 2.34. The molecule has 0 atom stereocenters. The number of imide groups is 1. The number of hydrogen-bond donors (Lipinski definition) is 0. The first-order valence-corrected chi connectivity index (χ1v) is 10.7. The molecule has 0 saturated carbocycles. The SMILES string of the molecule is O=C(CN1C(=O)c2ccc(Br)cc2C1=O)N1CCN(c2cnc3ccccc3n2)CC1. The predicted molar refractivity (Wildman–Crippen MR) is 118 cm³/mol. The van der Waals surface area contributed by atoms with E-state index in [2.05, 4.69) is 30.8 Å². The van der Waals surface area contributed by atoms with Gasteiger partial charge in [0.2, 0.25) is 5.91 Å². The smallest absolute Gasteiger partial charge is 0.262 e. The minimum Gasteiger partial charge on any atom is -0.352 e. The molecule has 8 nitrogen and oxygen atoms in total. The van der Waals surface area contributed by atoms with Gasteiger partial charge in [0.15, 0.2) is 0 Å². The number of para-hydroxylation sites is 2. The average Bonchev–Trinajstić information content (AvgIpc) is 3.03. The van der Waals surface area contributed by atoms with Gasteiger partial charge in [0, 0.05) is 30.7 Å². The van der Waals surface area contributed by atoms with E-state index in [1.165, 1.54) is 0 Å². The number of aromatic nitrogens is 2. The van der Waals surface area contributed by atoms with E-state index in [0.717, 1.165) is 21.8 Å². The second-order valence-electron chi connectivity index (χ2n) is 7.47. The van der Waals surface area contributed by atoms with Crippen molar-refractivity contribution < 1.29 is 14.4 Å². The van der Waals surface area contributed by atoms with Crippen LogP contribution in [0.25, 0.3) is 11.0 Å². The number of amides is 3. The largest absolute Gasteiger partial charge is 0.352 e. The average molecular weight is 480 g/mol. The maximum absolute atomic E-state index is 12.8. The van der Waals surface area contributed by atoms with E-state index in [9.17, 15) is 14.4 Å². The van der Waals surface area contributed by atoms with E-state index >= 15 is 0 Å². The van der Waals surface area contributed by atoms with Crippen LogP contribution in [0, 0.1) is 0 Å². The summed E-state index contributed by atoms with van der Waals surface area (Å²) in [5.74, 6) is -0.319. The fourth-order valence-corrected chi connectivity index (χ4v) is 4.29. The number of hydrogen-bond acceptors (Lipinski definition) is 6. The van der Waals surface area contributed by atoms with Gasteiger partial charge in [-0.3, -0.25) is 24.3 Å². The first-order chi connectivity index (χ1) is 15.0. The number of carbonyl (C=O) groups is 3. The first kappa shape index (κ1) is 19.6. The molecule has 1 fully saturated rings. The highest BCUT2D eigenvalue weighted by Gasteiger charge is 2.37. The molecule has 0 bridgehead atoms. The number of halogens is 1. The van der Waals surface area contributed by atoms with Crippen molar-refractivity contribution in [1.29, 1.82) is 0 Å². The molecule has 5 rings (SSSR count). The lowest BCUT2D eigenvalue weighted by Crippen LogP contribution is -2.52. The summed E-state index contributed by atoms with van der Waals surface area (Å²) < 4.78 is 0.716. The third-order valence-electron chi connectivity index (χ3n) is 5.62. The zero-order valence-corrected chi connectivity index (χ0v) is 18.1. The van der Waals surface area contributed by atoms with Gasteiger partial charge in [0.25, 0.3) is 11.8 Å². The molecule has 3 heterocycles. The van der Waals surface area contributed by atoms with E-state index < -0.39 is 11.8 Å². The molecule has 2 aliphatic heterocycles. The zero-order chi connectivity index (χ0) is 21.5. The Bertz CT molecular complexity index is 1220. The van der Waals surface area contributed by atoms with Gasteiger partial charge < -0.3 is 9.80 Å². The van der Waals surface area contributed by atoms with Crippen molar-refractivity contribution >= 4 is 50.5 Å². The van der Waals surface area contributed by atoms with Crippen LogP contribution in [-0.4, -0.2) is 70.2 Å². The molecule has 0 unspecified atom stereocenters. The Kier molecular flexibility index (Phi) is 4.90. The summed E-state index contributed by atoms with van der Waals surface area (Å²) in [6.45, 7) is 1.94. The van der Waals surface area contributed by atoms with E-state index in [1.54, 1.807) is 29.3 Å². The van der Waals surface area contributed by atoms with Crippen molar-refractivity contribution in [2.45, 2.75) is 0 Å². The lowest BCUT2D eigenvalue weighted by molar-refractivity contribution is -0.131. The van der Waals surface area contributed by atoms with Crippen molar-refractivity contribution in [2.75, 3.05) is 37.6 Å². The van der Waals surface area contributed by atoms with Gasteiger partial charge in [-0.2, -0.15) is 0 Å². The lowest BCUT2D eigenvalue weighted by atomic mass is 10.1. The number of benzene rings is 2. The standard InChI is InChI=1S/C22H18BrN5O3/c23-14-5-6-15-16(11-14)22(31)28(21(15)30)13-20(29)27-9-7-26(8-10-27)19-12-24-17-3-1-2-4-18(17)25-19/h1-6,11-12H,7-10,13H2. The monoisotopic (exact) mass is 479 g/mol. The quantitative estimate of drug-likeness (QED) is 0.535. The summed E-state index contributed by atoms with van der Waals surface area (Å²) in [6, 6.07) is 12.6. The van der Waals surface area contributed by atoms with E-state index in [1.807, 2.05) is 24.3 Å². The van der Waals surface area contributed by atoms with Crippen LogP contribution in [0.5, 0.6) is 0 Å². The lowest BCUT2D eigenvalue weighted by Gasteiger charge is -2.35. The highest BCUT2D eigenvalue weighted by Crippen LogP contribution is 2.26. The Morgan fingerprint density at radius 3 is 2.42 bits per heavy atom. The van der Waals surface area contributed by atoms with Crippen molar-refractivity contribution in [2.24, 2.45) is 0 Å². The number of nitrogens with zero attached hydrogens (tertiary/aromatic N) is 5. The maximum atomic E-state index is 12.8. The molecule has 3 aromatic rings. The van der Waals surface area contributed by atoms with Crippen molar-refractivity contribution in [3.05, 3.63) is 64.3 Å². The normalized spacial score (nSPS) is 16.2. The number of fused-ring (bicyclic) bond motifs is 2. The molecule has 2 aliphatic rings. The van der Waals surface area contributed by atoms with Crippen molar-refractivity contribution in [3.63, 3.8) is 0 Å². The number of rotatable bonds is 3. The fraction of sp³-hybridized carbons (Fsp3) is 0.227. The van der Waals surface area contributed by atoms with Gasteiger partial charge in [-0.15, -0.1) is 0 Å². The fourth-order valence-electron chi connectivity index (χ4n) is 3.93. The number of anilines is 1. The summed E-state index contributed by atoms with van der Waals surface area (Å²) in [4.78, 5) is 51.9. The van der Waals surface area contributed by atoms with Gasteiger partial charge in [0.1, 0.15) is 12.4 Å². The molecule has 1 aromatic heterocycles. The molecule has 0 radical (unpaired) electrons. The van der Waals surface area contributed by atoms with Crippen LogP contribution in [0.3, 0.4) is 0 Å². The minimum absolute atomic E-state index is 0.238. The topological polar surface area (TPSA) is 86.7 Å².